The second-order valence-electron chi connectivity index (χ2n) is 15.7. The number of H-pyrrole nitrogens is 1. The molecule has 1 aromatic heterocycles. The van der Waals surface area contributed by atoms with Gasteiger partial charge >= 0.3 is 5.69 Å². The summed E-state index contributed by atoms with van der Waals surface area (Å²) in [6, 6.07) is 26.7. The Bertz CT molecular complexity index is 2000. The lowest BCUT2D eigenvalue weighted by molar-refractivity contribution is -0.0958. The van der Waals surface area contributed by atoms with E-state index in [0.29, 0.717) is 16.5 Å². The Balaban J connectivity index is 1.61. The van der Waals surface area contributed by atoms with E-state index in [1.807, 2.05) is 99.6 Å². The molecule has 1 N–H and O–H groups in total. The molecule has 1 fully saturated rings. The molecular formula is C44H58N3O10PS. The summed E-state index contributed by atoms with van der Waals surface area (Å²) in [5, 5.41) is 0.488. The highest BCUT2D eigenvalue weighted by atomic mass is 32.1. The number of hydrogen-bond donors (Lipinski definition) is 1. The van der Waals surface area contributed by atoms with Gasteiger partial charge in [0.2, 0.25) is 0 Å². The molecular weight excluding hydrogens is 794 g/mol. The van der Waals surface area contributed by atoms with Gasteiger partial charge in [-0.2, -0.15) is 0 Å². The average molecular weight is 852 g/mol. The van der Waals surface area contributed by atoms with Crippen LogP contribution < -0.4 is 20.7 Å². The van der Waals surface area contributed by atoms with Crippen molar-refractivity contribution in [2.45, 2.75) is 90.7 Å². The lowest BCUT2D eigenvalue weighted by Crippen LogP contribution is -2.43. The molecule has 1 aliphatic rings. The first-order chi connectivity index (χ1) is 28.1. The zero-order valence-electron chi connectivity index (χ0n) is 35.6. The zero-order valence-corrected chi connectivity index (χ0v) is 37.3. The Hall–Kier alpha value is -3.98. The van der Waals surface area contributed by atoms with Crippen LogP contribution in [0.5, 0.6) is 11.5 Å². The van der Waals surface area contributed by atoms with Gasteiger partial charge in [0.15, 0.2) is 11.3 Å². The molecule has 0 radical (unpaired) electrons. The van der Waals surface area contributed by atoms with Gasteiger partial charge in [-0.15, -0.1) is 0 Å². The SMILES string of the molecule is COc1ccc(C(OC[C@H]2O[C@@H](n3ccc(=O)[nH]c3=O)[C@@H](OC)[C@H]2O[P@](OCCOC(=S)C(C)(C)C)N(C(C)C)C(C)C)(c2ccccc2)c2ccc(OC)cc2)cc1. The molecule has 320 valence electrons. The molecule has 0 bridgehead atoms. The topological polar surface area (TPSA) is 132 Å². The highest BCUT2D eigenvalue weighted by molar-refractivity contribution is 7.80. The third-order valence-corrected chi connectivity index (χ3v) is 12.8. The predicted molar refractivity (Wildman–Crippen MR) is 232 cm³/mol. The smallest absolute Gasteiger partial charge is 0.330 e. The number of methoxy groups -OCH3 is 3. The Morgan fingerprint density at radius 3 is 1.86 bits per heavy atom. The molecule has 59 heavy (non-hydrogen) atoms. The standard InChI is InChI=1S/C44H58N3O10PS/c1-29(2)47(30(3)4)58(55-27-26-53-41(59)43(5,6)7)57-38-36(56-40(39(38)52-10)46-25-24-37(48)45-42(46)49)28-54-44(31-14-12-11-13-15-31,32-16-20-34(50-8)21-17-32)33-18-22-35(51-9)23-19-33/h11-25,29-30,36,38-40H,26-28H2,1-10H3,(H,45,48,49)/t36-,38+,39+,40-,58+/m1/s1. The van der Waals surface area contributed by atoms with Crippen molar-refractivity contribution in [2.24, 2.45) is 5.41 Å². The number of hydrogen-bond acceptors (Lipinski definition) is 12. The van der Waals surface area contributed by atoms with E-state index in [2.05, 4.69) is 37.3 Å². The van der Waals surface area contributed by atoms with Crippen molar-refractivity contribution in [2.75, 3.05) is 41.2 Å². The van der Waals surface area contributed by atoms with Crippen LogP contribution in [0.3, 0.4) is 0 Å². The molecule has 3 aromatic carbocycles. The quantitative estimate of drug-likeness (QED) is 0.0431. The number of rotatable bonds is 19. The molecule has 0 unspecified atom stereocenters. The monoisotopic (exact) mass is 851 g/mol. The molecule has 1 saturated heterocycles. The predicted octanol–water partition coefficient (Wildman–Crippen LogP) is 7.61. The van der Waals surface area contributed by atoms with Gasteiger partial charge < -0.3 is 37.5 Å². The Morgan fingerprint density at radius 1 is 0.814 bits per heavy atom. The summed E-state index contributed by atoms with van der Waals surface area (Å²) in [6.45, 7) is 14.7. The van der Waals surface area contributed by atoms with E-state index in [0.717, 1.165) is 16.7 Å². The average Bonchev–Trinajstić information content (AvgIpc) is 3.55. The molecule has 5 rings (SSSR count). The summed E-state index contributed by atoms with van der Waals surface area (Å²) >= 11 is 5.51. The molecule has 4 aromatic rings. The molecule has 2 heterocycles. The number of benzene rings is 3. The molecule has 15 heteroatoms. The van der Waals surface area contributed by atoms with Crippen LogP contribution in [0.1, 0.15) is 71.4 Å². The first-order valence-electron chi connectivity index (χ1n) is 19.7. The van der Waals surface area contributed by atoms with Crippen molar-refractivity contribution in [3.05, 3.63) is 129 Å². The van der Waals surface area contributed by atoms with Gasteiger partial charge in [-0.1, -0.05) is 75.4 Å². The normalized spacial score (nSPS) is 19.0. The van der Waals surface area contributed by atoms with Crippen molar-refractivity contribution >= 4 is 25.8 Å². The lowest BCUT2D eigenvalue weighted by Gasteiger charge is -2.39. The molecule has 0 saturated carbocycles. The van der Waals surface area contributed by atoms with E-state index < -0.39 is 49.9 Å². The van der Waals surface area contributed by atoms with Gasteiger partial charge in [0.1, 0.15) is 42.0 Å². The van der Waals surface area contributed by atoms with Crippen LogP contribution >= 0.6 is 20.7 Å². The van der Waals surface area contributed by atoms with Gasteiger partial charge in [-0.3, -0.25) is 14.3 Å². The summed E-state index contributed by atoms with van der Waals surface area (Å²) in [4.78, 5) is 27.8. The minimum atomic E-state index is -1.79. The van der Waals surface area contributed by atoms with Crippen LogP contribution in [0, 0.1) is 5.41 Å². The molecule has 0 aliphatic carbocycles. The summed E-state index contributed by atoms with van der Waals surface area (Å²) in [6.07, 6.45) is -2.13. The van der Waals surface area contributed by atoms with Crippen molar-refractivity contribution in [1.82, 2.24) is 14.2 Å². The van der Waals surface area contributed by atoms with Crippen molar-refractivity contribution < 1.29 is 37.5 Å². The van der Waals surface area contributed by atoms with E-state index in [1.165, 1.54) is 23.9 Å². The third kappa shape index (κ3) is 10.9. The van der Waals surface area contributed by atoms with E-state index in [9.17, 15) is 9.59 Å². The Labute approximate surface area is 353 Å². The minimum absolute atomic E-state index is 0.0178. The molecule has 0 spiro atoms. The fourth-order valence-electron chi connectivity index (χ4n) is 7.05. The van der Waals surface area contributed by atoms with Gasteiger partial charge in [0.25, 0.3) is 14.1 Å². The van der Waals surface area contributed by atoms with Gasteiger partial charge in [-0.05, 0) is 80.9 Å². The Kier molecular flexibility index (Phi) is 16.0. The second kappa shape index (κ2) is 20.5. The van der Waals surface area contributed by atoms with E-state index in [1.54, 1.807) is 14.2 Å². The zero-order chi connectivity index (χ0) is 42.9. The third-order valence-electron chi connectivity index (χ3n) is 9.91. The van der Waals surface area contributed by atoms with Crippen molar-refractivity contribution in [1.29, 1.82) is 0 Å². The Morgan fingerprint density at radius 2 is 1.37 bits per heavy atom. The fraction of sp³-hybridized carbons (Fsp3) is 0.477. The van der Waals surface area contributed by atoms with Crippen LogP contribution in [0.2, 0.25) is 0 Å². The first-order valence-corrected chi connectivity index (χ1v) is 21.2. The van der Waals surface area contributed by atoms with Gasteiger partial charge in [0.05, 0.1) is 27.4 Å². The van der Waals surface area contributed by atoms with Gasteiger partial charge in [0, 0.05) is 36.9 Å². The first kappa shape index (κ1) is 46.1. The molecule has 13 nitrogen and oxygen atoms in total. The minimum Gasteiger partial charge on any atom is -0.497 e. The van der Waals surface area contributed by atoms with E-state index >= 15 is 0 Å². The highest BCUT2D eigenvalue weighted by Crippen LogP contribution is 2.51. The fourth-order valence-corrected chi connectivity index (χ4v) is 8.88. The number of aromatic amines is 1. The van der Waals surface area contributed by atoms with Gasteiger partial charge in [-0.25, -0.2) is 9.46 Å². The maximum Gasteiger partial charge on any atom is 0.330 e. The highest BCUT2D eigenvalue weighted by Gasteiger charge is 2.51. The van der Waals surface area contributed by atoms with Crippen LogP contribution in [0.15, 0.2) is 101 Å². The number of nitrogens with one attached hydrogen (secondary N) is 1. The van der Waals surface area contributed by atoms with Crippen LogP contribution in [-0.4, -0.2) is 90.8 Å². The van der Waals surface area contributed by atoms with Crippen molar-refractivity contribution in [3.63, 3.8) is 0 Å². The molecule has 5 atom stereocenters. The summed E-state index contributed by atoms with van der Waals surface area (Å²) in [7, 11) is 2.99. The van der Waals surface area contributed by atoms with E-state index in [4.69, 9.17) is 49.7 Å². The number of aromatic nitrogens is 2. The largest absolute Gasteiger partial charge is 0.497 e. The summed E-state index contributed by atoms with van der Waals surface area (Å²) < 4.78 is 54.3. The van der Waals surface area contributed by atoms with Crippen LogP contribution in [0.4, 0.5) is 0 Å². The maximum absolute atomic E-state index is 13.3. The number of ether oxygens (including phenoxy) is 6. The molecule has 0 amide bonds. The number of thiocarbonyl (C=S) groups is 1. The second-order valence-corrected chi connectivity index (χ2v) is 17.5. The van der Waals surface area contributed by atoms with Crippen LogP contribution in [0.25, 0.3) is 0 Å². The summed E-state index contributed by atoms with van der Waals surface area (Å²) in [5.74, 6) is 1.38. The van der Waals surface area contributed by atoms with Crippen LogP contribution in [-0.2, 0) is 33.6 Å². The lowest BCUT2D eigenvalue weighted by atomic mass is 9.80. The maximum atomic E-state index is 13.3. The van der Waals surface area contributed by atoms with Crippen molar-refractivity contribution in [3.8, 4) is 11.5 Å². The number of nitrogens with zero attached hydrogens (tertiary/aromatic N) is 2. The molecule has 1 aliphatic heterocycles. The van der Waals surface area contributed by atoms with E-state index in [-0.39, 0.29) is 37.3 Å². The summed E-state index contributed by atoms with van der Waals surface area (Å²) in [5.41, 5.74) is -0.178.